The number of benzene rings is 2. The molecular weight excluding hydrogens is 356 g/mol. The van der Waals surface area contributed by atoms with Crippen LogP contribution in [-0.4, -0.2) is 49.2 Å². The molecule has 1 aliphatic rings. The number of morpholine rings is 1. The van der Waals surface area contributed by atoms with Gasteiger partial charge in [0.25, 0.3) is 0 Å². The van der Waals surface area contributed by atoms with Crippen LogP contribution in [0.25, 0.3) is 0 Å². The topological polar surface area (TPSA) is 96.7 Å². The second-order valence-electron chi connectivity index (χ2n) is 6.94. The number of aryl methyl sites for hydroxylation is 1. The summed E-state index contributed by atoms with van der Waals surface area (Å²) in [7, 11) is 0. The molecule has 148 valence electrons. The highest BCUT2D eigenvalue weighted by Crippen LogP contribution is 2.15. The van der Waals surface area contributed by atoms with Crippen molar-refractivity contribution < 1.29 is 14.3 Å². The lowest BCUT2D eigenvalue weighted by molar-refractivity contribution is -0.0285. The smallest absolute Gasteiger partial charge is 0.319 e. The van der Waals surface area contributed by atoms with E-state index in [0.717, 1.165) is 25.2 Å². The van der Waals surface area contributed by atoms with Crippen LogP contribution in [-0.2, 0) is 11.3 Å². The molecule has 0 radical (unpaired) electrons. The number of rotatable bonds is 6. The number of hydrogen-bond donors (Lipinski definition) is 3. The monoisotopic (exact) mass is 382 g/mol. The van der Waals surface area contributed by atoms with Gasteiger partial charge in [0.1, 0.15) is 0 Å². The van der Waals surface area contributed by atoms with Crippen LogP contribution in [0.5, 0.6) is 0 Å². The van der Waals surface area contributed by atoms with Crippen LogP contribution >= 0.6 is 0 Å². The molecule has 1 saturated heterocycles. The summed E-state index contributed by atoms with van der Waals surface area (Å²) >= 11 is 0. The van der Waals surface area contributed by atoms with Crippen molar-refractivity contribution in [3.8, 4) is 0 Å². The number of nitrogens with two attached hydrogens (primary N) is 1. The molecular formula is C21H26N4O3. The van der Waals surface area contributed by atoms with Gasteiger partial charge in [-0.15, -0.1) is 0 Å². The van der Waals surface area contributed by atoms with Crippen LogP contribution in [0.1, 0.15) is 21.5 Å². The van der Waals surface area contributed by atoms with Gasteiger partial charge in [-0.3, -0.25) is 9.69 Å². The van der Waals surface area contributed by atoms with Gasteiger partial charge in [0, 0.05) is 37.4 Å². The van der Waals surface area contributed by atoms with Crippen LogP contribution in [0.4, 0.5) is 10.5 Å². The number of nitrogens with zero attached hydrogens (tertiary/aromatic N) is 1. The van der Waals surface area contributed by atoms with Crippen molar-refractivity contribution in [3.63, 3.8) is 0 Å². The third-order valence-electron chi connectivity index (χ3n) is 4.71. The molecule has 1 fully saturated rings. The largest absolute Gasteiger partial charge is 0.374 e. The minimum absolute atomic E-state index is 0.0535. The van der Waals surface area contributed by atoms with E-state index in [4.69, 9.17) is 10.5 Å². The highest BCUT2D eigenvalue weighted by atomic mass is 16.5. The summed E-state index contributed by atoms with van der Waals surface area (Å²) in [6.07, 6.45) is -0.0535. The van der Waals surface area contributed by atoms with Crippen LogP contribution in [0.3, 0.4) is 0 Å². The molecule has 3 rings (SSSR count). The molecule has 28 heavy (non-hydrogen) atoms. The van der Waals surface area contributed by atoms with E-state index in [9.17, 15) is 9.59 Å². The van der Waals surface area contributed by atoms with Crippen molar-refractivity contribution >= 4 is 17.6 Å². The van der Waals surface area contributed by atoms with Gasteiger partial charge in [0.15, 0.2) is 0 Å². The Labute approximate surface area is 164 Å². The van der Waals surface area contributed by atoms with Gasteiger partial charge in [-0.2, -0.15) is 0 Å². The average molecular weight is 382 g/mol. The Balaban J connectivity index is 1.46. The van der Waals surface area contributed by atoms with Crippen LogP contribution < -0.4 is 16.4 Å². The number of anilines is 1. The van der Waals surface area contributed by atoms with Gasteiger partial charge in [0.05, 0.1) is 12.7 Å². The maximum Gasteiger partial charge on any atom is 0.319 e. The van der Waals surface area contributed by atoms with Crippen LogP contribution in [0.15, 0.2) is 48.5 Å². The molecule has 0 saturated carbocycles. The van der Waals surface area contributed by atoms with Gasteiger partial charge in [0.2, 0.25) is 5.91 Å². The number of hydrogen-bond acceptors (Lipinski definition) is 4. The van der Waals surface area contributed by atoms with Crippen LogP contribution in [0, 0.1) is 6.92 Å². The summed E-state index contributed by atoms with van der Waals surface area (Å²) in [5.74, 6) is -0.483. The minimum Gasteiger partial charge on any atom is -0.374 e. The quantitative estimate of drug-likeness (QED) is 0.713. The maximum atomic E-state index is 12.2. The van der Waals surface area contributed by atoms with Crippen molar-refractivity contribution in [2.45, 2.75) is 19.6 Å². The summed E-state index contributed by atoms with van der Waals surface area (Å²) in [6, 6.07) is 15.0. The van der Waals surface area contributed by atoms with E-state index in [1.165, 1.54) is 5.56 Å². The number of carbonyl (C=O) groups is 2. The SMILES string of the molecule is Cc1cc(NC(=O)NCC2CN(Cc3ccccc3)CCO2)ccc1C(N)=O. The maximum absolute atomic E-state index is 12.2. The Morgan fingerprint density at radius 2 is 2.00 bits per heavy atom. The zero-order chi connectivity index (χ0) is 19.9. The second kappa shape index (κ2) is 9.34. The third kappa shape index (κ3) is 5.55. The molecule has 1 heterocycles. The summed E-state index contributed by atoms with van der Waals surface area (Å²) in [5.41, 5.74) is 8.34. The first-order valence-corrected chi connectivity index (χ1v) is 9.34. The van der Waals surface area contributed by atoms with E-state index in [0.29, 0.717) is 24.4 Å². The number of amides is 3. The van der Waals surface area contributed by atoms with Gasteiger partial charge < -0.3 is 21.1 Å². The molecule has 0 aromatic heterocycles. The van der Waals surface area contributed by atoms with Crippen molar-refractivity contribution in [1.82, 2.24) is 10.2 Å². The number of nitrogens with one attached hydrogen (secondary N) is 2. The molecule has 7 nitrogen and oxygen atoms in total. The number of urea groups is 1. The van der Waals surface area contributed by atoms with Gasteiger partial charge in [-0.1, -0.05) is 30.3 Å². The van der Waals surface area contributed by atoms with Crippen molar-refractivity contribution in [3.05, 3.63) is 65.2 Å². The lowest BCUT2D eigenvalue weighted by Crippen LogP contribution is -2.47. The second-order valence-corrected chi connectivity index (χ2v) is 6.94. The Hall–Kier alpha value is -2.90. The predicted octanol–water partition coefficient (Wildman–Crippen LogP) is 2.12. The molecule has 0 spiro atoms. The first kappa shape index (κ1) is 19.9. The minimum atomic E-state index is -0.483. The van der Waals surface area contributed by atoms with E-state index in [1.807, 2.05) is 18.2 Å². The predicted molar refractivity (Wildman–Crippen MR) is 108 cm³/mol. The molecule has 0 bridgehead atoms. The van der Waals surface area contributed by atoms with E-state index in [1.54, 1.807) is 25.1 Å². The lowest BCUT2D eigenvalue weighted by Gasteiger charge is -2.33. The van der Waals surface area contributed by atoms with Crippen molar-refractivity contribution in [1.29, 1.82) is 0 Å². The molecule has 0 aliphatic carbocycles. The third-order valence-corrected chi connectivity index (χ3v) is 4.71. The fourth-order valence-electron chi connectivity index (χ4n) is 3.29. The highest BCUT2D eigenvalue weighted by Gasteiger charge is 2.21. The number of carbonyl (C=O) groups excluding carboxylic acids is 2. The van der Waals surface area contributed by atoms with Gasteiger partial charge in [-0.05, 0) is 36.2 Å². The molecule has 1 atom stereocenters. The Kier molecular flexibility index (Phi) is 6.62. The average Bonchev–Trinajstić information content (AvgIpc) is 2.67. The molecule has 2 aromatic rings. The molecule has 7 heteroatoms. The highest BCUT2D eigenvalue weighted by molar-refractivity contribution is 5.95. The van der Waals surface area contributed by atoms with Crippen molar-refractivity contribution in [2.24, 2.45) is 5.73 Å². The zero-order valence-corrected chi connectivity index (χ0v) is 16.0. The molecule has 1 unspecified atom stereocenters. The van der Waals surface area contributed by atoms with Crippen LogP contribution in [0.2, 0.25) is 0 Å². The molecule has 4 N–H and O–H groups in total. The first-order chi connectivity index (χ1) is 13.5. The number of ether oxygens (including phenoxy) is 1. The fraction of sp³-hybridized carbons (Fsp3) is 0.333. The fourth-order valence-corrected chi connectivity index (χ4v) is 3.29. The number of primary amides is 1. The Bertz CT molecular complexity index is 826. The summed E-state index contributed by atoms with van der Waals surface area (Å²) in [6.45, 7) is 5.37. The summed E-state index contributed by atoms with van der Waals surface area (Å²) in [5, 5.41) is 5.62. The van der Waals surface area contributed by atoms with Crippen molar-refractivity contribution in [2.75, 3.05) is 31.6 Å². The standard InChI is InChI=1S/C21H26N4O3/c1-15-11-17(7-8-19(15)20(22)26)24-21(27)23-12-18-14-25(9-10-28-18)13-16-5-3-2-4-6-16/h2-8,11,18H,9-10,12-14H2,1H3,(H2,22,26)(H2,23,24,27). The Morgan fingerprint density at radius 3 is 2.71 bits per heavy atom. The molecule has 3 amide bonds. The van der Waals surface area contributed by atoms with E-state index in [-0.39, 0.29) is 12.1 Å². The molecule has 1 aliphatic heterocycles. The summed E-state index contributed by atoms with van der Waals surface area (Å²) < 4.78 is 5.77. The lowest BCUT2D eigenvalue weighted by atomic mass is 10.1. The van der Waals surface area contributed by atoms with Gasteiger partial charge in [-0.25, -0.2) is 4.79 Å². The van der Waals surface area contributed by atoms with E-state index in [2.05, 4.69) is 27.7 Å². The zero-order valence-electron chi connectivity index (χ0n) is 16.0. The normalized spacial score (nSPS) is 17.1. The molecule has 2 aromatic carbocycles. The van der Waals surface area contributed by atoms with Gasteiger partial charge >= 0.3 is 6.03 Å². The Morgan fingerprint density at radius 1 is 1.21 bits per heavy atom. The first-order valence-electron chi connectivity index (χ1n) is 9.34. The van der Waals surface area contributed by atoms with E-state index >= 15 is 0 Å². The van der Waals surface area contributed by atoms with E-state index < -0.39 is 5.91 Å². The summed E-state index contributed by atoms with van der Waals surface area (Å²) in [4.78, 5) is 25.8.